The highest BCUT2D eigenvalue weighted by Crippen LogP contribution is 2.30. The summed E-state index contributed by atoms with van der Waals surface area (Å²) in [6.07, 6.45) is 1.64. The van der Waals surface area contributed by atoms with Gasteiger partial charge >= 0.3 is 0 Å². The molecule has 0 aliphatic carbocycles. The maximum Gasteiger partial charge on any atom is 0.141 e. The van der Waals surface area contributed by atoms with E-state index in [1.54, 1.807) is 10.9 Å². The highest BCUT2D eigenvalue weighted by Gasteiger charge is 2.20. The van der Waals surface area contributed by atoms with Crippen molar-refractivity contribution < 1.29 is 9.50 Å². The Balaban J connectivity index is 2.40. The molecule has 0 saturated heterocycles. The summed E-state index contributed by atoms with van der Waals surface area (Å²) in [5.41, 5.74) is 1.18. The minimum atomic E-state index is -0.901. The highest BCUT2D eigenvalue weighted by molar-refractivity contribution is 9.10. The van der Waals surface area contributed by atoms with E-state index in [4.69, 9.17) is 11.6 Å². The summed E-state index contributed by atoms with van der Waals surface area (Å²) in [4.78, 5) is 0. The molecule has 0 saturated carbocycles. The van der Waals surface area contributed by atoms with Crippen LogP contribution in [0.3, 0.4) is 0 Å². The Morgan fingerprint density at radius 2 is 2.26 bits per heavy atom. The van der Waals surface area contributed by atoms with Crippen molar-refractivity contribution in [3.63, 3.8) is 0 Å². The molecule has 1 heterocycles. The molecule has 0 spiro atoms. The Bertz CT molecular complexity index is 588. The van der Waals surface area contributed by atoms with Gasteiger partial charge in [0.05, 0.1) is 21.4 Å². The lowest BCUT2D eigenvalue weighted by molar-refractivity contribution is 0.206. The lowest BCUT2D eigenvalue weighted by atomic mass is 10.1. The second-order valence-corrected chi connectivity index (χ2v) is 5.44. The van der Waals surface area contributed by atoms with Crippen molar-refractivity contribution >= 4 is 27.5 Å². The maximum absolute atomic E-state index is 13.1. The topological polar surface area (TPSA) is 38.0 Å². The fourth-order valence-corrected chi connectivity index (χ4v) is 2.58. The normalized spacial score (nSPS) is 12.7. The molecule has 1 N–H and O–H groups in total. The number of aliphatic hydroxyl groups excluding tert-OH is 1. The van der Waals surface area contributed by atoms with Gasteiger partial charge in [-0.3, -0.25) is 4.68 Å². The number of rotatable bonds is 4. The average Bonchev–Trinajstić information content (AvgIpc) is 2.74. The van der Waals surface area contributed by atoms with Crippen LogP contribution in [0.5, 0.6) is 0 Å². The van der Waals surface area contributed by atoms with Gasteiger partial charge in [-0.2, -0.15) is 5.10 Å². The van der Waals surface area contributed by atoms with Crippen molar-refractivity contribution in [3.05, 3.63) is 51.0 Å². The molecule has 1 aromatic heterocycles. The van der Waals surface area contributed by atoms with E-state index in [1.807, 2.05) is 6.92 Å². The zero-order valence-corrected chi connectivity index (χ0v) is 12.6. The lowest BCUT2D eigenvalue weighted by Gasteiger charge is -2.14. The monoisotopic (exact) mass is 346 g/mol. The average molecular weight is 348 g/mol. The number of aromatic nitrogens is 2. The largest absolute Gasteiger partial charge is 0.382 e. The molecule has 19 heavy (non-hydrogen) atoms. The molecule has 1 unspecified atom stereocenters. The number of benzene rings is 1. The summed E-state index contributed by atoms with van der Waals surface area (Å²) in [5.74, 6) is -0.501. The van der Waals surface area contributed by atoms with E-state index in [0.717, 1.165) is 6.42 Å². The molecule has 0 fully saturated rings. The van der Waals surface area contributed by atoms with Crippen LogP contribution in [0.4, 0.5) is 4.39 Å². The third kappa shape index (κ3) is 2.99. The van der Waals surface area contributed by atoms with Crippen molar-refractivity contribution in [2.45, 2.75) is 26.0 Å². The molecule has 2 aromatic rings. The number of aliphatic hydroxyl groups is 1. The molecule has 0 radical (unpaired) electrons. The first kappa shape index (κ1) is 14.5. The van der Waals surface area contributed by atoms with Crippen molar-refractivity contribution in [2.75, 3.05) is 0 Å². The predicted molar refractivity (Wildman–Crippen MR) is 75.7 cm³/mol. The van der Waals surface area contributed by atoms with Crippen LogP contribution < -0.4 is 0 Å². The molecule has 0 aliphatic rings. The first-order valence-electron chi connectivity index (χ1n) is 5.88. The molecular weight excluding hydrogens is 335 g/mol. The first-order valence-corrected chi connectivity index (χ1v) is 7.06. The zero-order chi connectivity index (χ0) is 14.0. The van der Waals surface area contributed by atoms with Gasteiger partial charge in [0.15, 0.2) is 0 Å². The summed E-state index contributed by atoms with van der Waals surface area (Å²) in [7, 11) is 0. The molecule has 6 heteroatoms. The standard InChI is InChI=1S/C13H13BrClFN2O/c1-2-5-18-12(9(14)7-17-18)13(19)8-3-4-11(16)10(15)6-8/h3-4,6-7,13,19H,2,5H2,1H3. The Morgan fingerprint density at radius 1 is 1.53 bits per heavy atom. The van der Waals surface area contributed by atoms with E-state index in [0.29, 0.717) is 22.3 Å². The van der Waals surface area contributed by atoms with E-state index in [2.05, 4.69) is 21.0 Å². The van der Waals surface area contributed by atoms with Gasteiger partial charge in [0, 0.05) is 6.54 Å². The zero-order valence-electron chi connectivity index (χ0n) is 10.3. The molecule has 2 rings (SSSR count). The van der Waals surface area contributed by atoms with Crippen LogP contribution >= 0.6 is 27.5 Å². The second kappa shape index (κ2) is 6.03. The van der Waals surface area contributed by atoms with E-state index in [1.165, 1.54) is 18.2 Å². The van der Waals surface area contributed by atoms with Gasteiger partial charge < -0.3 is 5.11 Å². The smallest absolute Gasteiger partial charge is 0.141 e. The third-order valence-corrected chi connectivity index (χ3v) is 3.69. The minimum absolute atomic E-state index is 0.00534. The molecule has 0 amide bonds. The van der Waals surface area contributed by atoms with Crippen LogP contribution in [0, 0.1) is 5.82 Å². The molecule has 102 valence electrons. The van der Waals surface area contributed by atoms with Gasteiger partial charge in [0.2, 0.25) is 0 Å². The fourth-order valence-electron chi connectivity index (χ4n) is 1.87. The summed E-state index contributed by atoms with van der Waals surface area (Å²) in [5, 5.41) is 14.6. The summed E-state index contributed by atoms with van der Waals surface area (Å²) >= 11 is 9.11. The van der Waals surface area contributed by atoms with E-state index in [-0.39, 0.29) is 5.02 Å². The van der Waals surface area contributed by atoms with Crippen molar-refractivity contribution in [1.29, 1.82) is 0 Å². The van der Waals surface area contributed by atoms with Crippen LogP contribution in [-0.2, 0) is 6.54 Å². The summed E-state index contributed by atoms with van der Waals surface area (Å²) in [6, 6.07) is 4.19. The summed E-state index contributed by atoms with van der Waals surface area (Å²) < 4.78 is 15.6. The molecule has 1 atom stereocenters. The number of nitrogens with zero attached hydrogens (tertiary/aromatic N) is 2. The number of hydrogen-bond donors (Lipinski definition) is 1. The molecule has 0 aliphatic heterocycles. The van der Waals surface area contributed by atoms with Crippen LogP contribution in [0.1, 0.15) is 30.7 Å². The quantitative estimate of drug-likeness (QED) is 0.910. The molecule has 0 bridgehead atoms. The number of halogens is 3. The van der Waals surface area contributed by atoms with Crippen LogP contribution in [0.15, 0.2) is 28.9 Å². The Hall–Kier alpha value is -0.910. The Labute approximate surface area is 124 Å². The minimum Gasteiger partial charge on any atom is -0.382 e. The van der Waals surface area contributed by atoms with Gasteiger partial charge in [-0.05, 0) is 40.0 Å². The maximum atomic E-state index is 13.1. The van der Waals surface area contributed by atoms with Crippen LogP contribution in [0.25, 0.3) is 0 Å². The lowest BCUT2D eigenvalue weighted by Crippen LogP contribution is -2.10. The molecule has 3 nitrogen and oxygen atoms in total. The van der Waals surface area contributed by atoms with Crippen LogP contribution in [-0.4, -0.2) is 14.9 Å². The van der Waals surface area contributed by atoms with Crippen molar-refractivity contribution in [1.82, 2.24) is 9.78 Å². The summed E-state index contributed by atoms with van der Waals surface area (Å²) in [6.45, 7) is 2.73. The molecule has 1 aromatic carbocycles. The van der Waals surface area contributed by atoms with E-state index < -0.39 is 11.9 Å². The SMILES string of the molecule is CCCn1ncc(Br)c1C(O)c1ccc(F)c(Cl)c1. The number of aryl methyl sites for hydroxylation is 1. The predicted octanol–water partition coefficient (Wildman–Crippen LogP) is 3.93. The molecular formula is C13H13BrClFN2O. The van der Waals surface area contributed by atoms with Gasteiger partial charge in [-0.15, -0.1) is 0 Å². The Kier molecular flexibility index (Phi) is 4.60. The number of hydrogen-bond acceptors (Lipinski definition) is 2. The van der Waals surface area contributed by atoms with E-state index in [9.17, 15) is 9.50 Å². The van der Waals surface area contributed by atoms with Gasteiger partial charge in [-0.1, -0.05) is 24.6 Å². The van der Waals surface area contributed by atoms with Crippen molar-refractivity contribution in [3.8, 4) is 0 Å². The van der Waals surface area contributed by atoms with Gasteiger partial charge in [-0.25, -0.2) is 4.39 Å². The van der Waals surface area contributed by atoms with Gasteiger partial charge in [0.1, 0.15) is 11.9 Å². The Morgan fingerprint density at radius 3 is 2.89 bits per heavy atom. The van der Waals surface area contributed by atoms with Crippen molar-refractivity contribution in [2.24, 2.45) is 0 Å². The highest BCUT2D eigenvalue weighted by atomic mass is 79.9. The van der Waals surface area contributed by atoms with Crippen LogP contribution in [0.2, 0.25) is 5.02 Å². The van der Waals surface area contributed by atoms with Gasteiger partial charge in [0.25, 0.3) is 0 Å². The third-order valence-electron chi connectivity index (χ3n) is 2.79. The first-order chi connectivity index (χ1) is 9.04. The fraction of sp³-hybridized carbons (Fsp3) is 0.308. The second-order valence-electron chi connectivity index (χ2n) is 4.18. The van der Waals surface area contributed by atoms with E-state index >= 15 is 0 Å².